The van der Waals surface area contributed by atoms with Crippen molar-refractivity contribution in [2.75, 3.05) is 6.61 Å². The average molecular weight is 155 g/mol. The first-order chi connectivity index (χ1) is 5.26. The predicted octanol–water partition coefficient (Wildman–Crippen LogP) is 1.49. The number of nitrogens with zero attached hydrogens (tertiary/aromatic N) is 1. The molecule has 1 atom stereocenters. The van der Waals surface area contributed by atoms with Crippen molar-refractivity contribution in [1.82, 2.24) is 0 Å². The highest BCUT2D eigenvalue weighted by Crippen LogP contribution is 2.03. The van der Waals surface area contributed by atoms with Gasteiger partial charge in [0.1, 0.15) is 5.92 Å². The number of carbonyl (C=O) groups is 1. The van der Waals surface area contributed by atoms with E-state index >= 15 is 0 Å². The van der Waals surface area contributed by atoms with E-state index in [-0.39, 0.29) is 0 Å². The second-order valence-corrected chi connectivity index (χ2v) is 2.26. The molecule has 0 aliphatic carbocycles. The summed E-state index contributed by atoms with van der Waals surface area (Å²) in [7, 11) is 0. The normalized spacial score (nSPS) is 11.7. The predicted molar refractivity (Wildman–Crippen MR) is 40.6 cm³/mol. The fourth-order valence-corrected chi connectivity index (χ4v) is 0.614. The molecule has 62 valence electrons. The Kier molecular flexibility index (Phi) is 5.18. The molecule has 3 heteroatoms. The van der Waals surface area contributed by atoms with Gasteiger partial charge in [-0.15, -0.1) is 0 Å². The molecule has 1 unspecified atom stereocenters. The van der Waals surface area contributed by atoms with Crippen LogP contribution in [0.3, 0.4) is 0 Å². The van der Waals surface area contributed by atoms with Gasteiger partial charge in [-0.3, -0.25) is 4.79 Å². The summed E-state index contributed by atoms with van der Waals surface area (Å²) >= 11 is 0. The van der Waals surface area contributed by atoms with E-state index < -0.39 is 11.9 Å². The van der Waals surface area contributed by atoms with Crippen LogP contribution in [0.2, 0.25) is 0 Å². The third-order valence-corrected chi connectivity index (χ3v) is 1.30. The monoisotopic (exact) mass is 155 g/mol. The van der Waals surface area contributed by atoms with E-state index in [1.54, 1.807) is 6.92 Å². The number of carbonyl (C=O) groups excluding carboxylic acids is 1. The lowest BCUT2D eigenvalue weighted by molar-refractivity contribution is -0.146. The van der Waals surface area contributed by atoms with Gasteiger partial charge in [-0.1, -0.05) is 13.8 Å². The second kappa shape index (κ2) is 5.72. The number of rotatable bonds is 4. The Bertz CT molecular complexity index is 160. The van der Waals surface area contributed by atoms with Crippen LogP contribution >= 0.6 is 0 Å². The molecular weight excluding hydrogens is 142 g/mol. The molecule has 0 saturated heterocycles. The molecule has 0 amide bonds. The van der Waals surface area contributed by atoms with E-state index in [0.717, 1.165) is 6.42 Å². The molecule has 0 aromatic rings. The minimum absolute atomic E-state index is 0.392. The van der Waals surface area contributed by atoms with Crippen LogP contribution in [0.25, 0.3) is 0 Å². The summed E-state index contributed by atoms with van der Waals surface area (Å²) in [5.74, 6) is -0.974. The Balaban J connectivity index is 3.72. The molecule has 0 rings (SSSR count). The summed E-state index contributed by atoms with van der Waals surface area (Å²) in [4.78, 5) is 10.9. The van der Waals surface area contributed by atoms with Crippen molar-refractivity contribution < 1.29 is 9.53 Å². The van der Waals surface area contributed by atoms with Gasteiger partial charge in [0.15, 0.2) is 0 Å². The SMILES string of the molecule is CCCOC(=O)C(C#N)CC. The highest BCUT2D eigenvalue weighted by atomic mass is 16.5. The molecule has 0 aliphatic rings. The lowest BCUT2D eigenvalue weighted by atomic mass is 10.1. The van der Waals surface area contributed by atoms with Crippen molar-refractivity contribution in [2.45, 2.75) is 26.7 Å². The van der Waals surface area contributed by atoms with Crippen molar-refractivity contribution in [3.8, 4) is 6.07 Å². The Labute approximate surface area is 67.0 Å². The minimum atomic E-state index is -0.582. The van der Waals surface area contributed by atoms with Crippen LogP contribution in [0.15, 0.2) is 0 Å². The number of hydrogen-bond donors (Lipinski definition) is 0. The lowest BCUT2D eigenvalue weighted by Crippen LogP contribution is -2.15. The first-order valence-electron chi connectivity index (χ1n) is 3.82. The maximum atomic E-state index is 10.9. The van der Waals surface area contributed by atoms with Crippen molar-refractivity contribution in [3.05, 3.63) is 0 Å². The van der Waals surface area contributed by atoms with E-state index in [9.17, 15) is 4.79 Å². The van der Waals surface area contributed by atoms with Crippen LogP contribution in [0.5, 0.6) is 0 Å². The summed E-state index contributed by atoms with van der Waals surface area (Å²) in [6, 6.07) is 1.89. The first kappa shape index (κ1) is 9.96. The smallest absolute Gasteiger partial charge is 0.323 e. The Hall–Kier alpha value is -1.04. The zero-order valence-corrected chi connectivity index (χ0v) is 6.96. The molecule has 0 saturated carbocycles. The fourth-order valence-electron chi connectivity index (χ4n) is 0.614. The zero-order chi connectivity index (χ0) is 8.69. The van der Waals surface area contributed by atoms with Crippen LogP contribution in [-0.2, 0) is 9.53 Å². The molecule has 11 heavy (non-hydrogen) atoms. The number of esters is 1. The van der Waals surface area contributed by atoms with Gasteiger partial charge in [0, 0.05) is 0 Å². The van der Waals surface area contributed by atoms with Crippen LogP contribution in [-0.4, -0.2) is 12.6 Å². The number of hydrogen-bond acceptors (Lipinski definition) is 3. The first-order valence-corrected chi connectivity index (χ1v) is 3.82. The van der Waals surface area contributed by atoms with Crippen LogP contribution in [0.1, 0.15) is 26.7 Å². The quantitative estimate of drug-likeness (QED) is 0.578. The van der Waals surface area contributed by atoms with E-state index in [2.05, 4.69) is 0 Å². The van der Waals surface area contributed by atoms with Gasteiger partial charge in [0.25, 0.3) is 0 Å². The summed E-state index contributed by atoms with van der Waals surface area (Å²) in [5.41, 5.74) is 0. The maximum absolute atomic E-state index is 10.9. The molecule has 0 aliphatic heterocycles. The number of nitriles is 1. The van der Waals surface area contributed by atoms with Gasteiger partial charge in [0.2, 0.25) is 0 Å². The van der Waals surface area contributed by atoms with Gasteiger partial charge in [-0.05, 0) is 12.8 Å². The van der Waals surface area contributed by atoms with Crippen molar-refractivity contribution in [2.24, 2.45) is 5.92 Å². The van der Waals surface area contributed by atoms with Gasteiger partial charge < -0.3 is 4.74 Å². The zero-order valence-electron chi connectivity index (χ0n) is 6.96. The second-order valence-electron chi connectivity index (χ2n) is 2.26. The third kappa shape index (κ3) is 3.61. The third-order valence-electron chi connectivity index (χ3n) is 1.30. The van der Waals surface area contributed by atoms with Crippen molar-refractivity contribution in [3.63, 3.8) is 0 Å². The summed E-state index contributed by atoms with van der Waals surface area (Å²) in [6.07, 6.45) is 1.33. The van der Waals surface area contributed by atoms with Crippen LogP contribution in [0, 0.1) is 17.2 Å². The molecular formula is C8H13NO2. The van der Waals surface area contributed by atoms with Crippen LogP contribution in [0.4, 0.5) is 0 Å². The van der Waals surface area contributed by atoms with E-state index in [0.29, 0.717) is 13.0 Å². The molecule has 0 spiro atoms. The highest BCUT2D eigenvalue weighted by molar-refractivity contribution is 5.75. The molecule has 0 aromatic heterocycles. The Morgan fingerprint density at radius 1 is 1.64 bits per heavy atom. The maximum Gasteiger partial charge on any atom is 0.323 e. The molecule has 0 bridgehead atoms. The Morgan fingerprint density at radius 2 is 2.27 bits per heavy atom. The average Bonchev–Trinajstić information content (AvgIpc) is 2.03. The summed E-state index contributed by atoms with van der Waals surface area (Å²) in [6.45, 7) is 4.12. The van der Waals surface area contributed by atoms with Gasteiger partial charge in [-0.25, -0.2) is 0 Å². The standard InChI is InChI=1S/C8H13NO2/c1-3-5-11-8(10)7(4-2)6-9/h7H,3-5H2,1-2H3. The lowest BCUT2D eigenvalue weighted by Gasteiger charge is -2.05. The minimum Gasteiger partial charge on any atom is -0.465 e. The molecule has 0 heterocycles. The molecule has 0 radical (unpaired) electrons. The van der Waals surface area contributed by atoms with Crippen LogP contribution < -0.4 is 0 Å². The highest BCUT2D eigenvalue weighted by Gasteiger charge is 2.15. The topological polar surface area (TPSA) is 50.1 Å². The molecule has 0 aromatic carbocycles. The van der Waals surface area contributed by atoms with Gasteiger partial charge >= 0.3 is 5.97 Å². The van der Waals surface area contributed by atoms with Crippen molar-refractivity contribution >= 4 is 5.97 Å². The summed E-state index contributed by atoms with van der Waals surface area (Å²) < 4.78 is 4.77. The molecule has 0 N–H and O–H groups in total. The van der Waals surface area contributed by atoms with E-state index in [1.807, 2.05) is 13.0 Å². The van der Waals surface area contributed by atoms with Gasteiger partial charge in [-0.2, -0.15) is 5.26 Å². The molecule has 0 fully saturated rings. The van der Waals surface area contributed by atoms with E-state index in [1.165, 1.54) is 0 Å². The fraction of sp³-hybridized carbons (Fsp3) is 0.750. The number of ether oxygens (including phenoxy) is 1. The Morgan fingerprint density at radius 3 is 2.64 bits per heavy atom. The largest absolute Gasteiger partial charge is 0.465 e. The van der Waals surface area contributed by atoms with E-state index in [4.69, 9.17) is 10.00 Å². The molecule has 3 nitrogen and oxygen atoms in total. The summed E-state index contributed by atoms with van der Waals surface area (Å²) in [5, 5.41) is 8.44. The van der Waals surface area contributed by atoms with Crippen molar-refractivity contribution in [1.29, 1.82) is 5.26 Å². The van der Waals surface area contributed by atoms with Gasteiger partial charge in [0.05, 0.1) is 12.7 Å².